The molecule has 2 atom stereocenters. The molecule has 0 aliphatic carbocycles. The Labute approximate surface area is 209 Å². The summed E-state index contributed by atoms with van der Waals surface area (Å²) in [5.74, 6) is -0.272. The first-order valence-electron chi connectivity index (χ1n) is 11.9. The number of nitrogens with one attached hydrogen (secondary N) is 1. The predicted molar refractivity (Wildman–Crippen MR) is 143 cm³/mol. The number of thiophene rings is 1. The second-order valence-electron chi connectivity index (χ2n) is 8.92. The van der Waals surface area contributed by atoms with E-state index < -0.39 is 0 Å². The first-order valence-corrected chi connectivity index (χ1v) is 12.8. The van der Waals surface area contributed by atoms with Crippen LogP contribution in [0.5, 0.6) is 0 Å². The monoisotopic (exact) mass is 484 g/mol. The molecule has 0 radical (unpaired) electrons. The van der Waals surface area contributed by atoms with Gasteiger partial charge in [0.05, 0.1) is 18.2 Å². The maximum atomic E-state index is 12.5. The van der Waals surface area contributed by atoms with Crippen LogP contribution in [0.25, 0.3) is 21.2 Å². The van der Waals surface area contributed by atoms with Gasteiger partial charge in [-0.3, -0.25) is 4.79 Å². The number of benzene rings is 3. The maximum Gasteiger partial charge on any atom is 0.338 e. The normalized spacial score (nSPS) is 17.2. The molecule has 0 saturated heterocycles. The van der Waals surface area contributed by atoms with Crippen LogP contribution >= 0.6 is 11.3 Å². The van der Waals surface area contributed by atoms with Gasteiger partial charge in [0.25, 0.3) is 0 Å². The molecule has 0 saturated carbocycles. The van der Waals surface area contributed by atoms with Crippen LogP contribution in [0.3, 0.4) is 0 Å². The summed E-state index contributed by atoms with van der Waals surface area (Å²) in [6.07, 6.45) is 0.806. The van der Waals surface area contributed by atoms with Crippen molar-refractivity contribution in [3.63, 3.8) is 0 Å². The lowest BCUT2D eigenvalue weighted by molar-refractivity contribution is -0.117. The molecule has 1 aromatic heterocycles. The molecule has 6 heteroatoms. The van der Waals surface area contributed by atoms with Gasteiger partial charge in [-0.1, -0.05) is 24.3 Å². The van der Waals surface area contributed by atoms with Gasteiger partial charge < -0.3 is 15.0 Å². The molecule has 1 amide bonds. The van der Waals surface area contributed by atoms with Crippen molar-refractivity contribution in [1.82, 2.24) is 0 Å². The smallest absolute Gasteiger partial charge is 0.338 e. The largest absolute Gasteiger partial charge is 0.462 e. The van der Waals surface area contributed by atoms with Gasteiger partial charge >= 0.3 is 5.97 Å². The average molecular weight is 485 g/mol. The summed E-state index contributed by atoms with van der Waals surface area (Å²) in [6.45, 7) is 5.88. The maximum absolute atomic E-state index is 12.5. The Kier molecular flexibility index (Phi) is 6.31. The van der Waals surface area contributed by atoms with Crippen molar-refractivity contribution in [3.05, 3.63) is 83.2 Å². The second kappa shape index (κ2) is 9.55. The fraction of sp³-hybridized carbons (Fsp3) is 0.241. The van der Waals surface area contributed by atoms with E-state index in [1.54, 1.807) is 37.3 Å². The predicted octanol–water partition coefficient (Wildman–Crippen LogP) is 7.04. The highest BCUT2D eigenvalue weighted by molar-refractivity contribution is 7.17. The SMILES string of the molecule is CCOC(=O)c1ccc(-c2ccc3c(c2)[C@@H](Nc2ccc4ccsc4c2)C[C@@H](C)N3C(C)=O)cc1. The Bertz CT molecular complexity index is 1390. The van der Waals surface area contributed by atoms with Gasteiger partial charge in [0.1, 0.15) is 0 Å². The van der Waals surface area contributed by atoms with Crippen molar-refractivity contribution >= 4 is 44.7 Å². The van der Waals surface area contributed by atoms with Crippen molar-refractivity contribution in [3.8, 4) is 11.1 Å². The molecule has 2 heterocycles. The molecule has 3 aromatic carbocycles. The number of carbonyl (C=O) groups excluding carboxylic acids is 2. The minimum atomic E-state index is -0.317. The molecule has 0 fully saturated rings. The van der Waals surface area contributed by atoms with Crippen molar-refractivity contribution in [1.29, 1.82) is 0 Å². The van der Waals surface area contributed by atoms with E-state index in [-0.39, 0.29) is 24.0 Å². The Morgan fingerprint density at radius 3 is 2.54 bits per heavy atom. The summed E-state index contributed by atoms with van der Waals surface area (Å²) < 4.78 is 6.35. The van der Waals surface area contributed by atoms with Gasteiger partial charge in [-0.25, -0.2) is 4.79 Å². The number of anilines is 2. The summed E-state index contributed by atoms with van der Waals surface area (Å²) in [4.78, 5) is 26.4. The molecule has 5 nitrogen and oxygen atoms in total. The van der Waals surface area contributed by atoms with Gasteiger partial charge in [0, 0.05) is 29.0 Å². The van der Waals surface area contributed by atoms with Crippen molar-refractivity contribution in [2.75, 3.05) is 16.8 Å². The van der Waals surface area contributed by atoms with E-state index in [1.165, 1.54) is 10.1 Å². The minimum absolute atomic E-state index is 0.0451. The van der Waals surface area contributed by atoms with Gasteiger partial charge in [-0.15, -0.1) is 11.3 Å². The number of esters is 1. The van der Waals surface area contributed by atoms with E-state index >= 15 is 0 Å². The van der Waals surface area contributed by atoms with Crippen LogP contribution in [0.15, 0.2) is 72.1 Å². The van der Waals surface area contributed by atoms with E-state index in [9.17, 15) is 9.59 Å². The standard InChI is InChI=1S/C29H28N2O3S/c1-4-34-29(33)22-7-5-20(6-8-22)23-10-12-27-25(16-23)26(15-18(2)31(27)19(3)32)30-24-11-9-21-13-14-35-28(21)17-24/h5-14,16-18,26,30H,4,15H2,1-3H3/t18-,26+/m1/s1. The number of carbonyl (C=O) groups is 2. The third kappa shape index (κ3) is 4.54. The third-order valence-corrected chi connectivity index (χ3v) is 7.43. The summed E-state index contributed by atoms with van der Waals surface area (Å²) in [6, 6.07) is 22.4. The van der Waals surface area contributed by atoms with E-state index in [4.69, 9.17) is 4.74 Å². The van der Waals surface area contributed by atoms with Crippen molar-refractivity contribution in [2.45, 2.75) is 39.3 Å². The topological polar surface area (TPSA) is 58.6 Å². The van der Waals surface area contributed by atoms with E-state index in [0.717, 1.165) is 34.5 Å². The number of fused-ring (bicyclic) bond motifs is 2. The lowest BCUT2D eigenvalue weighted by Crippen LogP contribution is -2.43. The van der Waals surface area contributed by atoms with Crippen LogP contribution in [0, 0.1) is 0 Å². The molecule has 35 heavy (non-hydrogen) atoms. The highest BCUT2D eigenvalue weighted by Crippen LogP contribution is 2.41. The van der Waals surface area contributed by atoms with Crippen LogP contribution in [-0.2, 0) is 9.53 Å². The Balaban J connectivity index is 1.51. The molecule has 0 unspecified atom stereocenters. The number of amides is 1. The zero-order chi connectivity index (χ0) is 24.5. The fourth-order valence-electron chi connectivity index (χ4n) is 4.92. The zero-order valence-electron chi connectivity index (χ0n) is 20.1. The fourth-order valence-corrected chi connectivity index (χ4v) is 5.75. The Morgan fingerprint density at radius 2 is 1.80 bits per heavy atom. The van der Waals surface area contributed by atoms with Crippen molar-refractivity contribution in [2.24, 2.45) is 0 Å². The summed E-state index contributed by atoms with van der Waals surface area (Å²) in [5.41, 5.74) is 5.69. The number of hydrogen-bond donors (Lipinski definition) is 1. The lowest BCUT2D eigenvalue weighted by atomic mass is 9.88. The number of hydrogen-bond acceptors (Lipinski definition) is 5. The number of rotatable bonds is 5. The van der Waals surface area contributed by atoms with E-state index in [0.29, 0.717) is 12.2 Å². The molecule has 0 spiro atoms. The van der Waals surface area contributed by atoms with E-state index in [2.05, 4.69) is 48.0 Å². The first kappa shape index (κ1) is 23.1. The molecular weight excluding hydrogens is 456 g/mol. The highest BCUT2D eigenvalue weighted by Gasteiger charge is 2.32. The molecule has 178 valence electrons. The molecule has 1 aliphatic rings. The van der Waals surface area contributed by atoms with Crippen LogP contribution in [-0.4, -0.2) is 24.5 Å². The highest BCUT2D eigenvalue weighted by atomic mass is 32.1. The molecule has 0 bridgehead atoms. The summed E-state index contributed by atoms with van der Waals surface area (Å²) >= 11 is 1.73. The summed E-state index contributed by atoms with van der Waals surface area (Å²) in [7, 11) is 0. The van der Waals surface area contributed by atoms with Crippen LogP contribution in [0.4, 0.5) is 11.4 Å². The van der Waals surface area contributed by atoms with E-state index in [1.807, 2.05) is 29.2 Å². The average Bonchev–Trinajstić information content (AvgIpc) is 3.32. The number of nitrogens with zero attached hydrogens (tertiary/aromatic N) is 1. The molecule has 4 aromatic rings. The molecular formula is C29H28N2O3S. The second-order valence-corrected chi connectivity index (χ2v) is 9.86. The first-order chi connectivity index (χ1) is 16.9. The zero-order valence-corrected chi connectivity index (χ0v) is 20.9. The third-order valence-electron chi connectivity index (χ3n) is 6.55. The Morgan fingerprint density at radius 1 is 1.03 bits per heavy atom. The quantitative estimate of drug-likeness (QED) is 0.309. The van der Waals surface area contributed by atoms with Crippen LogP contribution in [0.1, 0.15) is 49.2 Å². The Hall–Kier alpha value is -3.64. The van der Waals surface area contributed by atoms with Gasteiger partial charge in [0.15, 0.2) is 0 Å². The number of ether oxygens (including phenoxy) is 1. The minimum Gasteiger partial charge on any atom is -0.462 e. The van der Waals surface area contributed by atoms with Crippen molar-refractivity contribution < 1.29 is 14.3 Å². The summed E-state index contributed by atoms with van der Waals surface area (Å²) in [5, 5.41) is 7.09. The molecule has 5 rings (SSSR count). The van der Waals surface area contributed by atoms with Crippen LogP contribution < -0.4 is 10.2 Å². The van der Waals surface area contributed by atoms with Gasteiger partial charge in [-0.2, -0.15) is 0 Å². The van der Waals surface area contributed by atoms with Gasteiger partial charge in [0.2, 0.25) is 5.91 Å². The molecule has 1 aliphatic heterocycles. The molecule has 1 N–H and O–H groups in total. The van der Waals surface area contributed by atoms with Gasteiger partial charge in [-0.05, 0) is 90.2 Å². The lowest BCUT2D eigenvalue weighted by Gasteiger charge is -2.39. The van der Waals surface area contributed by atoms with Crippen LogP contribution in [0.2, 0.25) is 0 Å².